The van der Waals surface area contributed by atoms with Gasteiger partial charge < -0.3 is 20.1 Å². The molecule has 7 heteroatoms. The second-order valence-electron chi connectivity index (χ2n) is 3.42. The number of nitrogen functional groups attached to an aromatic ring is 1. The fraction of sp³-hybridized carbons (Fsp3) is 0.0909. The van der Waals surface area contributed by atoms with E-state index in [1.54, 1.807) is 0 Å². The van der Waals surface area contributed by atoms with Crippen molar-refractivity contribution in [3.63, 3.8) is 0 Å². The number of aromatic nitrogens is 1. The number of nitrogens with zero attached hydrogens (tertiary/aromatic N) is 1. The van der Waals surface area contributed by atoms with Gasteiger partial charge in [0, 0.05) is 5.56 Å². The predicted molar refractivity (Wildman–Crippen MR) is 59.8 cm³/mol. The Bertz CT molecular complexity index is 609. The SMILES string of the molecule is COc1ccc(F)cc1-c1c(C(=O)O)noc1N. The Kier molecular flexibility index (Phi) is 2.88. The molecular formula is C11H9FN2O4. The van der Waals surface area contributed by atoms with Crippen LogP contribution in [0.3, 0.4) is 0 Å². The Morgan fingerprint density at radius 3 is 2.89 bits per heavy atom. The largest absolute Gasteiger partial charge is 0.496 e. The van der Waals surface area contributed by atoms with Crippen molar-refractivity contribution in [3.05, 3.63) is 29.7 Å². The van der Waals surface area contributed by atoms with E-state index < -0.39 is 17.5 Å². The van der Waals surface area contributed by atoms with Crippen molar-refractivity contribution >= 4 is 11.9 Å². The number of carboxylic acids is 1. The number of hydrogen-bond acceptors (Lipinski definition) is 5. The van der Waals surface area contributed by atoms with Crippen LogP contribution in [0.25, 0.3) is 11.1 Å². The van der Waals surface area contributed by atoms with E-state index in [4.69, 9.17) is 15.6 Å². The van der Waals surface area contributed by atoms with Gasteiger partial charge in [0.1, 0.15) is 11.6 Å². The van der Waals surface area contributed by atoms with Gasteiger partial charge in [0.05, 0.1) is 12.7 Å². The number of halogens is 1. The molecule has 3 N–H and O–H groups in total. The highest BCUT2D eigenvalue weighted by Crippen LogP contribution is 2.36. The molecular weight excluding hydrogens is 243 g/mol. The van der Waals surface area contributed by atoms with Gasteiger partial charge in [0.15, 0.2) is 0 Å². The van der Waals surface area contributed by atoms with Gasteiger partial charge in [0.2, 0.25) is 11.6 Å². The van der Waals surface area contributed by atoms with Gasteiger partial charge in [-0.05, 0) is 18.2 Å². The predicted octanol–water partition coefficient (Wildman–Crippen LogP) is 1.77. The molecule has 0 aliphatic heterocycles. The lowest BCUT2D eigenvalue weighted by atomic mass is 10.0. The molecule has 18 heavy (non-hydrogen) atoms. The molecule has 0 aliphatic rings. The van der Waals surface area contributed by atoms with Gasteiger partial charge in [-0.3, -0.25) is 0 Å². The molecule has 1 aromatic heterocycles. The third-order valence-corrected chi connectivity index (χ3v) is 2.35. The van der Waals surface area contributed by atoms with Crippen molar-refractivity contribution in [2.24, 2.45) is 0 Å². The number of carbonyl (C=O) groups is 1. The summed E-state index contributed by atoms with van der Waals surface area (Å²) in [5, 5.41) is 12.3. The first-order valence-corrected chi connectivity index (χ1v) is 4.87. The zero-order valence-electron chi connectivity index (χ0n) is 9.31. The van der Waals surface area contributed by atoms with Gasteiger partial charge in [-0.25, -0.2) is 9.18 Å². The number of carboxylic acid groups (broad SMARTS) is 1. The van der Waals surface area contributed by atoms with Gasteiger partial charge in [-0.2, -0.15) is 0 Å². The average molecular weight is 252 g/mol. The average Bonchev–Trinajstić information content (AvgIpc) is 2.71. The summed E-state index contributed by atoms with van der Waals surface area (Å²) in [4.78, 5) is 11.0. The first-order chi connectivity index (χ1) is 8.54. The van der Waals surface area contributed by atoms with E-state index >= 15 is 0 Å². The molecule has 2 aromatic rings. The van der Waals surface area contributed by atoms with E-state index in [1.165, 1.54) is 19.2 Å². The van der Waals surface area contributed by atoms with E-state index in [0.717, 1.165) is 6.07 Å². The highest BCUT2D eigenvalue weighted by Gasteiger charge is 2.24. The quantitative estimate of drug-likeness (QED) is 0.863. The van der Waals surface area contributed by atoms with Crippen LogP contribution in [0.1, 0.15) is 10.5 Å². The number of hydrogen-bond donors (Lipinski definition) is 2. The molecule has 1 heterocycles. The minimum absolute atomic E-state index is 0.00106. The zero-order valence-corrected chi connectivity index (χ0v) is 9.31. The number of rotatable bonds is 3. The molecule has 0 saturated heterocycles. The monoisotopic (exact) mass is 252 g/mol. The Hall–Kier alpha value is -2.57. The van der Waals surface area contributed by atoms with Crippen LogP contribution in [0, 0.1) is 5.82 Å². The standard InChI is InChI=1S/C11H9FN2O4/c1-17-7-3-2-5(12)4-6(7)8-9(11(15)16)14-18-10(8)13/h2-4H,13H2,1H3,(H,15,16). The lowest BCUT2D eigenvalue weighted by molar-refractivity contribution is 0.0686. The summed E-state index contributed by atoms with van der Waals surface area (Å²) in [6.07, 6.45) is 0. The number of nitrogens with two attached hydrogens (primary N) is 1. The molecule has 6 nitrogen and oxygen atoms in total. The smallest absolute Gasteiger partial charge is 0.358 e. The molecule has 1 aromatic carbocycles. The lowest BCUT2D eigenvalue weighted by Gasteiger charge is -2.07. The molecule has 0 bridgehead atoms. The molecule has 0 fully saturated rings. The minimum atomic E-state index is -1.32. The molecule has 0 amide bonds. The number of ether oxygens (including phenoxy) is 1. The van der Waals surface area contributed by atoms with Gasteiger partial charge in [-0.1, -0.05) is 5.16 Å². The van der Waals surface area contributed by atoms with Crippen LogP contribution in [0.2, 0.25) is 0 Å². The maximum absolute atomic E-state index is 13.2. The molecule has 0 unspecified atom stereocenters. The van der Waals surface area contributed by atoms with Crippen molar-refractivity contribution in [1.29, 1.82) is 0 Å². The topological polar surface area (TPSA) is 98.6 Å². The van der Waals surface area contributed by atoms with Crippen molar-refractivity contribution < 1.29 is 23.6 Å². The van der Waals surface area contributed by atoms with Crippen LogP contribution >= 0.6 is 0 Å². The zero-order chi connectivity index (χ0) is 13.3. The summed E-state index contributed by atoms with van der Waals surface area (Å²) in [5.41, 5.74) is 5.30. The summed E-state index contributed by atoms with van der Waals surface area (Å²) in [7, 11) is 1.38. The van der Waals surface area contributed by atoms with E-state index in [9.17, 15) is 9.18 Å². The van der Waals surface area contributed by atoms with Crippen LogP contribution in [-0.2, 0) is 0 Å². The second kappa shape index (κ2) is 4.36. The third-order valence-electron chi connectivity index (χ3n) is 2.35. The molecule has 0 atom stereocenters. The number of benzene rings is 1. The Balaban J connectivity index is 2.71. The first-order valence-electron chi connectivity index (χ1n) is 4.87. The van der Waals surface area contributed by atoms with Gasteiger partial charge in [-0.15, -0.1) is 0 Å². The van der Waals surface area contributed by atoms with Gasteiger partial charge >= 0.3 is 5.97 Å². The molecule has 0 radical (unpaired) electrons. The maximum atomic E-state index is 13.2. The van der Waals surface area contributed by atoms with Crippen molar-refractivity contribution in [3.8, 4) is 16.9 Å². The third kappa shape index (κ3) is 1.86. The summed E-state index contributed by atoms with van der Waals surface area (Å²) < 4.78 is 22.9. The number of anilines is 1. The molecule has 94 valence electrons. The van der Waals surface area contributed by atoms with Crippen LogP contribution in [0.15, 0.2) is 22.7 Å². The van der Waals surface area contributed by atoms with E-state index in [2.05, 4.69) is 9.68 Å². The lowest BCUT2D eigenvalue weighted by Crippen LogP contribution is -2.01. The highest BCUT2D eigenvalue weighted by molar-refractivity contribution is 5.97. The van der Waals surface area contributed by atoms with Crippen LogP contribution < -0.4 is 10.5 Å². The van der Waals surface area contributed by atoms with Gasteiger partial charge in [0.25, 0.3) is 0 Å². The van der Waals surface area contributed by atoms with Crippen molar-refractivity contribution in [2.45, 2.75) is 0 Å². The first kappa shape index (κ1) is 11.9. The molecule has 0 aliphatic carbocycles. The van der Waals surface area contributed by atoms with E-state index in [1.807, 2.05) is 0 Å². The van der Waals surface area contributed by atoms with Crippen LogP contribution in [0.4, 0.5) is 10.3 Å². The second-order valence-corrected chi connectivity index (χ2v) is 3.42. The Labute approximate surface area is 101 Å². The highest BCUT2D eigenvalue weighted by atomic mass is 19.1. The van der Waals surface area contributed by atoms with Crippen LogP contribution in [-0.4, -0.2) is 23.3 Å². The number of aromatic carboxylic acids is 1. The fourth-order valence-corrected chi connectivity index (χ4v) is 1.58. The Morgan fingerprint density at radius 1 is 1.56 bits per heavy atom. The fourth-order valence-electron chi connectivity index (χ4n) is 1.58. The molecule has 0 saturated carbocycles. The van der Waals surface area contributed by atoms with E-state index in [0.29, 0.717) is 0 Å². The van der Waals surface area contributed by atoms with Crippen molar-refractivity contribution in [2.75, 3.05) is 12.8 Å². The summed E-state index contributed by atoms with van der Waals surface area (Å²) in [6, 6.07) is 3.66. The maximum Gasteiger partial charge on any atom is 0.358 e. The normalized spacial score (nSPS) is 10.3. The number of methoxy groups -OCH3 is 1. The van der Waals surface area contributed by atoms with Crippen LogP contribution in [0.5, 0.6) is 5.75 Å². The molecule has 0 spiro atoms. The van der Waals surface area contributed by atoms with Crippen molar-refractivity contribution in [1.82, 2.24) is 5.16 Å². The molecule has 2 rings (SSSR count). The summed E-state index contributed by atoms with van der Waals surface area (Å²) >= 11 is 0. The summed E-state index contributed by atoms with van der Waals surface area (Å²) in [5.74, 6) is -1.82. The van der Waals surface area contributed by atoms with E-state index in [-0.39, 0.29) is 22.8 Å². The minimum Gasteiger partial charge on any atom is -0.496 e. The Morgan fingerprint density at radius 2 is 2.28 bits per heavy atom. The summed E-state index contributed by atoms with van der Waals surface area (Å²) in [6.45, 7) is 0.